The molecule has 0 saturated carbocycles. The Morgan fingerprint density at radius 2 is 1.81 bits per heavy atom. The van der Waals surface area contributed by atoms with E-state index in [1.807, 2.05) is 0 Å². The van der Waals surface area contributed by atoms with E-state index in [1.165, 1.54) is 19.3 Å². The zero-order valence-corrected chi connectivity index (χ0v) is 11.6. The van der Waals surface area contributed by atoms with Crippen LogP contribution < -0.4 is 5.73 Å². The van der Waals surface area contributed by atoms with Crippen molar-refractivity contribution < 1.29 is 4.79 Å². The number of halogens is 2. The molecular weight excluding hydrogens is 247 g/mol. The van der Waals surface area contributed by atoms with E-state index in [0.29, 0.717) is 0 Å². The Balaban J connectivity index is 0. The topological polar surface area (TPSA) is 46.3 Å². The molecule has 0 aromatic carbocycles. The first kappa shape index (κ1) is 18.4. The zero-order valence-electron chi connectivity index (χ0n) is 9.98. The third-order valence-electron chi connectivity index (χ3n) is 2.99. The van der Waals surface area contributed by atoms with Crippen LogP contribution in [0.1, 0.15) is 45.4 Å². The Morgan fingerprint density at radius 3 is 2.25 bits per heavy atom. The number of nitrogens with two attached hydrogens (primary N) is 1. The SMILES string of the molecule is CCCCC(C(N)=O)N1CCCCC1.Cl.Cl. The molecule has 0 bridgehead atoms. The number of hydrogen-bond acceptors (Lipinski definition) is 2. The van der Waals surface area contributed by atoms with Gasteiger partial charge in [0.05, 0.1) is 6.04 Å². The molecule has 98 valence electrons. The van der Waals surface area contributed by atoms with Gasteiger partial charge >= 0.3 is 0 Å². The second-order valence-electron chi connectivity index (χ2n) is 4.16. The maximum atomic E-state index is 11.3. The highest BCUT2D eigenvalue weighted by molar-refractivity contribution is 5.85. The van der Waals surface area contributed by atoms with Crippen LogP contribution in [-0.2, 0) is 4.79 Å². The van der Waals surface area contributed by atoms with Crippen molar-refractivity contribution in [2.45, 2.75) is 51.5 Å². The first-order valence-corrected chi connectivity index (χ1v) is 5.79. The standard InChI is InChI=1S/C11H22N2O.2ClH/c1-2-3-7-10(11(12)14)13-8-5-4-6-9-13;;/h10H,2-9H2,1H3,(H2,12,14);2*1H. The van der Waals surface area contributed by atoms with Gasteiger partial charge < -0.3 is 5.73 Å². The number of likely N-dealkylation sites (tertiary alicyclic amines) is 1. The number of rotatable bonds is 5. The Morgan fingerprint density at radius 1 is 1.25 bits per heavy atom. The number of carbonyl (C=O) groups excluding carboxylic acids is 1. The van der Waals surface area contributed by atoms with Crippen molar-refractivity contribution in [1.29, 1.82) is 0 Å². The number of unbranched alkanes of at least 4 members (excludes halogenated alkanes) is 1. The van der Waals surface area contributed by atoms with Gasteiger partial charge in [0.15, 0.2) is 0 Å². The fourth-order valence-corrected chi connectivity index (χ4v) is 2.13. The first-order chi connectivity index (χ1) is 6.75. The number of carbonyl (C=O) groups is 1. The molecule has 1 amide bonds. The molecule has 3 nitrogen and oxygen atoms in total. The number of piperidine rings is 1. The Hall–Kier alpha value is 0.01000. The second kappa shape index (κ2) is 10.2. The minimum atomic E-state index is -0.139. The van der Waals surface area contributed by atoms with Crippen LogP contribution in [0.5, 0.6) is 0 Å². The Kier molecular flexibility index (Phi) is 11.7. The molecule has 1 saturated heterocycles. The highest BCUT2D eigenvalue weighted by atomic mass is 35.5. The van der Waals surface area contributed by atoms with Gasteiger partial charge in [0.25, 0.3) is 0 Å². The molecule has 0 spiro atoms. The highest BCUT2D eigenvalue weighted by Crippen LogP contribution is 2.15. The summed E-state index contributed by atoms with van der Waals surface area (Å²) in [6.45, 7) is 4.25. The number of nitrogens with zero attached hydrogens (tertiary/aromatic N) is 1. The van der Waals surface area contributed by atoms with E-state index in [0.717, 1.165) is 32.4 Å². The van der Waals surface area contributed by atoms with Gasteiger partial charge in [0.1, 0.15) is 0 Å². The fraction of sp³-hybridized carbons (Fsp3) is 0.909. The van der Waals surface area contributed by atoms with Crippen molar-refractivity contribution in [3.8, 4) is 0 Å². The molecule has 0 radical (unpaired) electrons. The van der Waals surface area contributed by atoms with Gasteiger partial charge in [-0.05, 0) is 32.4 Å². The summed E-state index contributed by atoms with van der Waals surface area (Å²) in [5.74, 6) is -0.139. The van der Waals surface area contributed by atoms with E-state index in [4.69, 9.17) is 5.73 Å². The van der Waals surface area contributed by atoms with Gasteiger partial charge in [0, 0.05) is 0 Å². The largest absolute Gasteiger partial charge is 0.368 e. The molecule has 1 heterocycles. The van der Waals surface area contributed by atoms with Crippen molar-refractivity contribution in [3.63, 3.8) is 0 Å². The van der Waals surface area contributed by atoms with Crippen LogP contribution in [0, 0.1) is 0 Å². The van der Waals surface area contributed by atoms with Crippen LogP contribution >= 0.6 is 24.8 Å². The van der Waals surface area contributed by atoms with Gasteiger partial charge in [-0.3, -0.25) is 9.69 Å². The molecule has 16 heavy (non-hydrogen) atoms. The summed E-state index contributed by atoms with van der Waals surface area (Å²) in [4.78, 5) is 13.6. The average Bonchev–Trinajstić information content (AvgIpc) is 2.19. The molecule has 0 aromatic heterocycles. The van der Waals surface area contributed by atoms with Crippen molar-refractivity contribution >= 4 is 30.7 Å². The molecule has 1 aliphatic rings. The van der Waals surface area contributed by atoms with Gasteiger partial charge in [0.2, 0.25) is 5.91 Å². The van der Waals surface area contributed by atoms with Crippen LogP contribution in [0.25, 0.3) is 0 Å². The van der Waals surface area contributed by atoms with Gasteiger partial charge in [-0.1, -0.05) is 26.2 Å². The van der Waals surface area contributed by atoms with Crippen molar-refractivity contribution in [2.24, 2.45) is 5.73 Å². The van der Waals surface area contributed by atoms with Crippen molar-refractivity contribution in [2.75, 3.05) is 13.1 Å². The molecule has 1 aliphatic heterocycles. The molecule has 1 fully saturated rings. The summed E-state index contributed by atoms with van der Waals surface area (Å²) in [6, 6.07) is -0.00440. The van der Waals surface area contributed by atoms with E-state index in [9.17, 15) is 4.79 Å². The van der Waals surface area contributed by atoms with E-state index in [2.05, 4.69) is 11.8 Å². The van der Waals surface area contributed by atoms with Crippen molar-refractivity contribution in [1.82, 2.24) is 4.90 Å². The fourth-order valence-electron chi connectivity index (χ4n) is 2.13. The molecular formula is C11H24Cl2N2O. The predicted molar refractivity (Wildman–Crippen MR) is 72.4 cm³/mol. The predicted octanol–water partition coefficient (Wildman–Crippen LogP) is 2.36. The maximum Gasteiger partial charge on any atom is 0.234 e. The molecule has 1 rings (SSSR count). The van der Waals surface area contributed by atoms with Crippen LogP contribution in [0.15, 0.2) is 0 Å². The Bertz CT molecular complexity index is 185. The van der Waals surface area contributed by atoms with E-state index in [-0.39, 0.29) is 36.8 Å². The monoisotopic (exact) mass is 270 g/mol. The van der Waals surface area contributed by atoms with E-state index < -0.39 is 0 Å². The van der Waals surface area contributed by atoms with Crippen LogP contribution in [-0.4, -0.2) is 29.9 Å². The van der Waals surface area contributed by atoms with Gasteiger partial charge in [-0.2, -0.15) is 0 Å². The summed E-state index contributed by atoms with van der Waals surface area (Å²) in [6.07, 6.45) is 6.91. The van der Waals surface area contributed by atoms with Crippen molar-refractivity contribution in [3.05, 3.63) is 0 Å². The molecule has 0 aliphatic carbocycles. The number of amides is 1. The number of primary amides is 1. The highest BCUT2D eigenvalue weighted by Gasteiger charge is 2.24. The van der Waals surface area contributed by atoms with E-state index in [1.54, 1.807) is 0 Å². The normalized spacial score (nSPS) is 18.1. The lowest BCUT2D eigenvalue weighted by Gasteiger charge is -2.32. The summed E-state index contributed by atoms with van der Waals surface area (Å²) >= 11 is 0. The molecule has 2 N–H and O–H groups in total. The molecule has 0 aromatic rings. The van der Waals surface area contributed by atoms with Crippen LogP contribution in [0.4, 0.5) is 0 Å². The summed E-state index contributed by atoms with van der Waals surface area (Å²) in [5, 5.41) is 0. The van der Waals surface area contributed by atoms with Gasteiger partial charge in [-0.25, -0.2) is 0 Å². The second-order valence-corrected chi connectivity index (χ2v) is 4.16. The lowest BCUT2D eigenvalue weighted by atomic mass is 10.0. The summed E-state index contributed by atoms with van der Waals surface area (Å²) in [7, 11) is 0. The zero-order chi connectivity index (χ0) is 10.4. The summed E-state index contributed by atoms with van der Waals surface area (Å²) < 4.78 is 0. The minimum Gasteiger partial charge on any atom is -0.368 e. The Labute approximate surface area is 111 Å². The maximum absolute atomic E-state index is 11.3. The van der Waals surface area contributed by atoms with E-state index >= 15 is 0 Å². The lowest BCUT2D eigenvalue weighted by molar-refractivity contribution is -0.123. The first-order valence-electron chi connectivity index (χ1n) is 5.79. The number of hydrogen-bond donors (Lipinski definition) is 1. The quantitative estimate of drug-likeness (QED) is 0.834. The lowest BCUT2D eigenvalue weighted by Crippen LogP contribution is -2.47. The van der Waals surface area contributed by atoms with Gasteiger partial charge in [-0.15, -0.1) is 24.8 Å². The minimum absolute atomic E-state index is 0. The third-order valence-corrected chi connectivity index (χ3v) is 2.99. The third kappa shape index (κ3) is 5.92. The average molecular weight is 271 g/mol. The molecule has 1 atom stereocenters. The molecule has 5 heteroatoms. The van der Waals surface area contributed by atoms with Crippen LogP contribution in [0.2, 0.25) is 0 Å². The smallest absolute Gasteiger partial charge is 0.234 e. The summed E-state index contributed by atoms with van der Waals surface area (Å²) in [5.41, 5.74) is 5.43. The van der Waals surface area contributed by atoms with Crippen LogP contribution in [0.3, 0.4) is 0 Å². The molecule has 1 unspecified atom stereocenters.